The quantitative estimate of drug-likeness (QED) is 0.610. The summed E-state index contributed by atoms with van der Waals surface area (Å²) in [6, 6.07) is 0.759. The van der Waals surface area contributed by atoms with Crippen LogP contribution in [0.25, 0.3) is 0 Å². The van der Waals surface area contributed by atoms with E-state index in [1.807, 2.05) is 20.8 Å². The molecule has 0 aromatic carbocycles. The van der Waals surface area contributed by atoms with Gasteiger partial charge in [0.05, 0.1) is 11.7 Å². The van der Waals surface area contributed by atoms with Gasteiger partial charge >= 0.3 is 6.09 Å². The normalized spacial score (nSPS) is 32.8. The van der Waals surface area contributed by atoms with Crippen molar-refractivity contribution in [1.29, 1.82) is 5.26 Å². The summed E-state index contributed by atoms with van der Waals surface area (Å²) in [5.74, 6) is 0.509. The maximum atomic E-state index is 14.1. The molecule has 0 aliphatic heterocycles. The zero-order valence-corrected chi connectivity index (χ0v) is 20.6. The molecule has 4 saturated carbocycles. The molecule has 4 atom stereocenters. The molecule has 180 valence electrons. The predicted molar refractivity (Wildman–Crippen MR) is 122 cm³/mol. The van der Waals surface area contributed by atoms with Crippen molar-refractivity contribution < 1.29 is 19.4 Å². The highest BCUT2D eigenvalue weighted by Gasteiger charge is 2.62. The van der Waals surface area contributed by atoms with E-state index < -0.39 is 34.8 Å². The van der Waals surface area contributed by atoms with Gasteiger partial charge in [0.2, 0.25) is 5.91 Å². The number of hydrogen-bond donors (Lipinski definition) is 2. The van der Waals surface area contributed by atoms with Crippen molar-refractivity contribution in [1.82, 2.24) is 10.2 Å². The lowest BCUT2D eigenvalue weighted by atomic mass is 9.46. The monoisotopic (exact) mass is 447 g/mol. The van der Waals surface area contributed by atoms with Crippen molar-refractivity contribution in [3.05, 3.63) is 0 Å². The third-order valence-corrected chi connectivity index (χ3v) is 7.45. The van der Waals surface area contributed by atoms with Crippen LogP contribution in [0.3, 0.4) is 0 Å². The van der Waals surface area contributed by atoms with Crippen molar-refractivity contribution in [2.24, 2.45) is 17.3 Å². The lowest BCUT2D eigenvalue weighted by Crippen LogP contribution is -2.67. The van der Waals surface area contributed by atoms with Crippen molar-refractivity contribution in [3.8, 4) is 6.07 Å². The summed E-state index contributed by atoms with van der Waals surface area (Å²) < 4.78 is 5.53. The van der Waals surface area contributed by atoms with E-state index in [0.717, 1.165) is 38.5 Å². The van der Waals surface area contributed by atoms with Crippen LogP contribution in [0, 0.1) is 28.6 Å². The van der Waals surface area contributed by atoms with Crippen LogP contribution in [0.2, 0.25) is 0 Å². The fourth-order valence-corrected chi connectivity index (χ4v) is 6.98. The molecule has 0 radical (unpaired) electrons. The number of alkyl carbamates (subject to hydrolysis) is 1. The zero-order valence-electron chi connectivity index (χ0n) is 20.6. The number of amides is 2. The molecule has 7 nitrogen and oxygen atoms in total. The number of aliphatic hydroxyl groups is 1. The van der Waals surface area contributed by atoms with Crippen molar-refractivity contribution in [2.75, 3.05) is 0 Å². The maximum absolute atomic E-state index is 14.1. The van der Waals surface area contributed by atoms with E-state index >= 15 is 0 Å². The lowest BCUT2D eigenvalue weighted by Gasteiger charge is -2.62. The van der Waals surface area contributed by atoms with Crippen LogP contribution in [-0.2, 0) is 9.53 Å². The Balaban J connectivity index is 1.98. The van der Waals surface area contributed by atoms with Gasteiger partial charge in [0.1, 0.15) is 17.7 Å². The van der Waals surface area contributed by atoms with Crippen LogP contribution in [0.15, 0.2) is 0 Å². The average molecular weight is 448 g/mol. The van der Waals surface area contributed by atoms with E-state index in [2.05, 4.69) is 11.4 Å². The van der Waals surface area contributed by atoms with Crippen LogP contribution in [0.1, 0.15) is 92.9 Å². The molecular formula is C25H41N3O4. The molecule has 4 bridgehead atoms. The van der Waals surface area contributed by atoms with E-state index in [-0.39, 0.29) is 11.9 Å². The first-order chi connectivity index (χ1) is 14.8. The largest absolute Gasteiger partial charge is 0.444 e. The Morgan fingerprint density at radius 1 is 1.22 bits per heavy atom. The topological polar surface area (TPSA) is 103 Å². The Labute approximate surface area is 192 Å². The van der Waals surface area contributed by atoms with Gasteiger partial charge in [0, 0.05) is 11.5 Å². The highest BCUT2D eigenvalue weighted by molar-refractivity contribution is 5.87. The zero-order chi connectivity index (χ0) is 23.9. The molecule has 32 heavy (non-hydrogen) atoms. The van der Waals surface area contributed by atoms with Crippen molar-refractivity contribution >= 4 is 12.0 Å². The standard InChI is InChI=1S/C25H41N3O4/c1-7-8-19(14-26)28(16(2)3)21(29)20(27-22(30)32-23(4,5)6)24-10-17-9-18(11-24)13-25(31,12-17)15-24/h16-20,31H,7-13,15H2,1-6H3,(H,27,30)/t17?,18?,19-,20+,24?,25?/m0/s1. The first-order valence-electron chi connectivity index (χ1n) is 12.2. The molecule has 4 fully saturated rings. The van der Waals surface area contributed by atoms with E-state index in [0.29, 0.717) is 24.7 Å². The molecule has 2 unspecified atom stereocenters. The minimum atomic E-state index is -0.815. The summed E-state index contributed by atoms with van der Waals surface area (Å²) in [6.45, 7) is 11.2. The molecular weight excluding hydrogens is 406 g/mol. The molecule has 4 aliphatic rings. The highest BCUT2D eigenvalue weighted by atomic mass is 16.6. The Hall–Kier alpha value is -1.81. The summed E-state index contributed by atoms with van der Waals surface area (Å²) in [5.41, 5.74) is -1.96. The molecule has 2 N–H and O–H groups in total. The van der Waals surface area contributed by atoms with Gasteiger partial charge in [0.25, 0.3) is 0 Å². The van der Waals surface area contributed by atoms with Gasteiger partial charge in [-0.2, -0.15) is 5.26 Å². The highest BCUT2D eigenvalue weighted by Crippen LogP contribution is 2.63. The second-order valence-electron chi connectivity index (χ2n) is 11.9. The van der Waals surface area contributed by atoms with Crippen molar-refractivity contribution in [3.63, 3.8) is 0 Å². The molecule has 0 heterocycles. The molecule has 0 saturated heterocycles. The molecule has 0 aromatic rings. The van der Waals surface area contributed by atoms with E-state index in [4.69, 9.17) is 4.74 Å². The SMILES string of the molecule is CCC[C@@H](C#N)N(C(=O)[C@@H](NC(=O)OC(C)(C)C)C12CC3CC(CC(O)(C3)C1)C2)C(C)C. The number of nitrogens with one attached hydrogen (secondary N) is 1. The van der Waals surface area contributed by atoms with Gasteiger partial charge in [-0.1, -0.05) is 13.3 Å². The van der Waals surface area contributed by atoms with Gasteiger partial charge in [-0.15, -0.1) is 0 Å². The van der Waals surface area contributed by atoms with Crippen LogP contribution >= 0.6 is 0 Å². The number of carbonyl (C=O) groups excluding carboxylic acids is 2. The molecule has 0 aromatic heterocycles. The number of carbonyl (C=O) groups is 2. The number of nitriles is 1. The fourth-order valence-electron chi connectivity index (χ4n) is 6.98. The number of rotatable bonds is 7. The van der Waals surface area contributed by atoms with Crippen LogP contribution < -0.4 is 5.32 Å². The first-order valence-corrected chi connectivity index (χ1v) is 12.2. The molecule has 0 spiro atoms. The van der Waals surface area contributed by atoms with Crippen LogP contribution in [0.5, 0.6) is 0 Å². The molecule has 7 heteroatoms. The first kappa shape index (κ1) is 24.8. The van der Waals surface area contributed by atoms with E-state index in [1.165, 1.54) is 0 Å². The minimum absolute atomic E-state index is 0.182. The summed E-state index contributed by atoms with van der Waals surface area (Å²) in [7, 11) is 0. The molecule has 4 rings (SSSR count). The summed E-state index contributed by atoms with van der Waals surface area (Å²) >= 11 is 0. The summed E-state index contributed by atoms with van der Waals surface area (Å²) in [6.07, 6.45) is 5.54. The average Bonchev–Trinajstić information content (AvgIpc) is 2.61. The summed E-state index contributed by atoms with van der Waals surface area (Å²) in [4.78, 5) is 28.6. The number of nitrogens with zero attached hydrogens (tertiary/aromatic N) is 2. The second kappa shape index (κ2) is 8.85. The van der Waals surface area contributed by atoms with Gasteiger partial charge in [0.15, 0.2) is 0 Å². The van der Waals surface area contributed by atoms with Gasteiger partial charge in [-0.05, 0) is 91.4 Å². The van der Waals surface area contributed by atoms with E-state index in [9.17, 15) is 20.0 Å². The summed E-state index contributed by atoms with van der Waals surface area (Å²) in [5, 5.41) is 24.0. The molecule has 4 aliphatic carbocycles. The fraction of sp³-hybridized carbons (Fsp3) is 0.880. The van der Waals surface area contributed by atoms with Crippen LogP contribution in [-0.4, -0.2) is 51.3 Å². The van der Waals surface area contributed by atoms with E-state index in [1.54, 1.807) is 25.7 Å². The minimum Gasteiger partial charge on any atom is -0.444 e. The predicted octanol–water partition coefficient (Wildman–Crippen LogP) is 4.14. The maximum Gasteiger partial charge on any atom is 0.408 e. The Morgan fingerprint density at radius 2 is 1.81 bits per heavy atom. The Bertz CT molecular complexity index is 752. The Kier molecular flexibility index (Phi) is 6.87. The number of hydrogen-bond acceptors (Lipinski definition) is 5. The third-order valence-electron chi connectivity index (χ3n) is 7.45. The third kappa shape index (κ3) is 5.06. The van der Waals surface area contributed by atoms with Crippen LogP contribution in [0.4, 0.5) is 4.79 Å². The van der Waals surface area contributed by atoms with Gasteiger partial charge < -0.3 is 20.1 Å². The Morgan fingerprint density at radius 3 is 2.25 bits per heavy atom. The molecule has 2 amide bonds. The van der Waals surface area contributed by atoms with Crippen molar-refractivity contribution in [2.45, 2.75) is 122 Å². The smallest absolute Gasteiger partial charge is 0.408 e. The lowest BCUT2D eigenvalue weighted by molar-refractivity contribution is -0.181. The number of ether oxygens (including phenoxy) is 1. The second-order valence-corrected chi connectivity index (χ2v) is 11.9. The van der Waals surface area contributed by atoms with Gasteiger partial charge in [-0.25, -0.2) is 4.79 Å². The van der Waals surface area contributed by atoms with Gasteiger partial charge in [-0.3, -0.25) is 4.79 Å².